The minimum atomic E-state index is -0.265. The van der Waals surface area contributed by atoms with Crippen molar-refractivity contribution in [2.45, 2.75) is 19.5 Å². The Labute approximate surface area is 95.3 Å². The maximum Gasteiger partial charge on any atom is 0.238 e. The van der Waals surface area contributed by atoms with Crippen molar-refractivity contribution in [2.24, 2.45) is 0 Å². The molecule has 0 fully saturated rings. The fourth-order valence-corrected chi connectivity index (χ4v) is 1.39. The Morgan fingerprint density at radius 3 is 2.75 bits per heavy atom. The highest BCUT2D eigenvalue weighted by Gasteiger charge is 2.13. The maximum absolute atomic E-state index is 12.9. The molecule has 0 aliphatic heterocycles. The zero-order valence-corrected chi connectivity index (χ0v) is 9.83. The SMILES string of the molecule is C[C@H](NCc1cccc(F)c1)C(=O)N(C)C. The van der Waals surface area contributed by atoms with Crippen LogP contribution in [0.25, 0.3) is 0 Å². The van der Waals surface area contributed by atoms with Gasteiger partial charge in [-0.1, -0.05) is 12.1 Å². The average molecular weight is 224 g/mol. The van der Waals surface area contributed by atoms with E-state index < -0.39 is 0 Å². The van der Waals surface area contributed by atoms with Gasteiger partial charge in [0.15, 0.2) is 0 Å². The largest absolute Gasteiger partial charge is 0.347 e. The van der Waals surface area contributed by atoms with Crippen LogP contribution in [-0.4, -0.2) is 30.9 Å². The molecule has 0 aliphatic carbocycles. The molecular weight excluding hydrogens is 207 g/mol. The van der Waals surface area contributed by atoms with E-state index in [1.807, 2.05) is 6.07 Å². The standard InChI is InChI=1S/C12H17FN2O/c1-9(12(16)15(2)3)14-8-10-5-4-6-11(13)7-10/h4-7,9,14H,8H2,1-3H3/t9-/m0/s1. The number of amides is 1. The van der Waals surface area contributed by atoms with Crippen molar-refractivity contribution in [1.29, 1.82) is 0 Å². The normalized spacial score (nSPS) is 12.2. The number of likely N-dealkylation sites (N-methyl/N-ethyl adjacent to an activating group) is 1. The van der Waals surface area contributed by atoms with E-state index >= 15 is 0 Å². The van der Waals surface area contributed by atoms with Gasteiger partial charge < -0.3 is 10.2 Å². The van der Waals surface area contributed by atoms with Crippen molar-refractivity contribution in [3.05, 3.63) is 35.6 Å². The number of rotatable bonds is 4. The van der Waals surface area contributed by atoms with Gasteiger partial charge in [0.1, 0.15) is 5.82 Å². The topological polar surface area (TPSA) is 32.3 Å². The summed E-state index contributed by atoms with van der Waals surface area (Å²) in [5, 5.41) is 3.05. The fourth-order valence-electron chi connectivity index (χ4n) is 1.39. The van der Waals surface area contributed by atoms with E-state index in [0.717, 1.165) is 5.56 Å². The van der Waals surface area contributed by atoms with E-state index in [-0.39, 0.29) is 17.8 Å². The van der Waals surface area contributed by atoms with E-state index in [1.54, 1.807) is 27.1 Å². The van der Waals surface area contributed by atoms with Crippen LogP contribution in [0.1, 0.15) is 12.5 Å². The molecule has 0 spiro atoms. The van der Waals surface area contributed by atoms with Gasteiger partial charge in [-0.15, -0.1) is 0 Å². The molecule has 1 aromatic carbocycles. The fraction of sp³-hybridized carbons (Fsp3) is 0.417. The lowest BCUT2D eigenvalue weighted by molar-refractivity contribution is -0.130. The smallest absolute Gasteiger partial charge is 0.238 e. The van der Waals surface area contributed by atoms with Gasteiger partial charge in [-0.2, -0.15) is 0 Å². The van der Waals surface area contributed by atoms with Crippen molar-refractivity contribution < 1.29 is 9.18 Å². The molecule has 1 N–H and O–H groups in total. The third-order valence-corrected chi connectivity index (χ3v) is 2.31. The number of carbonyl (C=O) groups is 1. The van der Waals surface area contributed by atoms with Crippen LogP contribution in [0.3, 0.4) is 0 Å². The summed E-state index contributed by atoms with van der Waals surface area (Å²) in [4.78, 5) is 13.1. The third kappa shape index (κ3) is 3.62. The Bertz CT molecular complexity index is 366. The molecular formula is C12H17FN2O. The maximum atomic E-state index is 12.9. The number of carbonyl (C=O) groups excluding carboxylic acids is 1. The van der Waals surface area contributed by atoms with Gasteiger partial charge in [-0.3, -0.25) is 4.79 Å². The molecule has 0 saturated heterocycles. The Kier molecular flexibility index (Phi) is 4.43. The van der Waals surface area contributed by atoms with Gasteiger partial charge in [-0.05, 0) is 24.6 Å². The first kappa shape index (κ1) is 12.6. The van der Waals surface area contributed by atoms with Gasteiger partial charge in [-0.25, -0.2) is 4.39 Å². The summed E-state index contributed by atoms with van der Waals surface area (Å²) in [5.74, 6) is -0.248. The van der Waals surface area contributed by atoms with Gasteiger partial charge >= 0.3 is 0 Å². The molecule has 0 aliphatic rings. The van der Waals surface area contributed by atoms with Crippen molar-refractivity contribution in [2.75, 3.05) is 14.1 Å². The first-order valence-electron chi connectivity index (χ1n) is 5.19. The predicted octanol–water partition coefficient (Wildman–Crippen LogP) is 1.39. The van der Waals surface area contributed by atoms with E-state index in [9.17, 15) is 9.18 Å². The van der Waals surface area contributed by atoms with Crippen LogP contribution in [0.2, 0.25) is 0 Å². The molecule has 0 heterocycles. The van der Waals surface area contributed by atoms with Crippen LogP contribution in [0, 0.1) is 5.82 Å². The van der Waals surface area contributed by atoms with Gasteiger partial charge in [0.25, 0.3) is 0 Å². The molecule has 1 amide bonds. The van der Waals surface area contributed by atoms with E-state index in [1.165, 1.54) is 17.0 Å². The Balaban J connectivity index is 2.49. The van der Waals surface area contributed by atoms with Crippen molar-refractivity contribution >= 4 is 5.91 Å². The van der Waals surface area contributed by atoms with Crippen LogP contribution in [-0.2, 0) is 11.3 Å². The second-order valence-electron chi connectivity index (χ2n) is 3.97. The molecule has 1 aromatic rings. The third-order valence-electron chi connectivity index (χ3n) is 2.31. The van der Waals surface area contributed by atoms with Crippen LogP contribution < -0.4 is 5.32 Å². The van der Waals surface area contributed by atoms with Crippen molar-refractivity contribution in [3.63, 3.8) is 0 Å². The molecule has 0 aromatic heterocycles. The molecule has 16 heavy (non-hydrogen) atoms. The molecule has 0 bridgehead atoms. The number of nitrogens with one attached hydrogen (secondary N) is 1. The van der Waals surface area contributed by atoms with Gasteiger partial charge in [0.2, 0.25) is 5.91 Å². The van der Waals surface area contributed by atoms with E-state index in [2.05, 4.69) is 5.32 Å². The highest BCUT2D eigenvalue weighted by molar-refractivity contribution is 5.80. The lowest BCUT2D eigenvalue weighted by Crippen LogP contribution is -2.41. The number of nitrogens with zero attached hydrogens (tertiary/aromatic N) is 1. The Morgan fingerprint density at radius 1 is 1.50 bits per heavy atom. The first-order valence-corrected chi connectivity index (χ1v) is 5.19. The van der Waals surface area contributed by atoms with Gasteiger partial charge in [0.05, 0.1) is 6.04 Å². The average Bonchev–Trinajstić information content (AvgIpc) is 2.24. The lowest BCUT2D eigenvalue weighted by atomic mass is 10.2. The zero-order chi connectivity index (χ0) is 12.1. The highest BCUT2D eigenvalue weighted by Crippen LogP contribution is 2.03. The second-order valence-corrected chi connectivity index (χ2v) is 3.97. The van der Waals surface area contributed by atoms with Crippen molar-refractivity contribution in [3.8, 4) is 0 Å². The molecule has 88 valence electrons. The minimum Gasteiger partial charge on any atom is -0.347 e. The molecule has 4 heteroatoms. The predicted molar refractivity (Wildman–Crippen MR) is 61.4 cm³/mol. The van der Waals surface area contributed by atoms with Crippen LogP contribution in [0.4, 0.5) is 4.39 Å². The summed E-state index contributed by atoms with van der Waals surface area (Å²) in [5.41, 5.74) is 0.832. The zero-order valence-electron chi connectivity index (χ0n) is 9.83. The van der Waals surface area contributed by atoms with Crippen LogP contribution >= 0.6 is 0 Å². The molecule has 0 unspecified atom stereocenters. The number of halogens is 1. The minimum absolute atomic E-state index is 0.0106. The number of benzene rings is 1. The molecule has 1 atom stereocenters. The molecule has 0 radical (unpaired) electrons. The first-order chi connectivity index (χ1) is 7.50. The van der Waals surface area contributed by atoms with Crippen LogP contribution in [0.15, 0.2) is 24.3 Å². The Morgan fingerprint density at radius 2 is 2.19 bits per heavy atom. The van der Waals surface area contributed by atoms with Crippen LogP contribution in [0.5, 0.6) is 0 Å². The highest BCUT2D eigenvalue weighted by atomic mass is 19.1. The van der Waals surface area contributed by atoms with Gasteiger partial charge in [0, 0.05) is 20.6 Å². The summed E-state index contributed by atoms with van der Waals surface area (Å²) in [6.07, 6.45) is 0. The quantitative estimate of drug-likeness (QED) is 0.838. The van der Waals surface area contributed by atoms with E-state index in [0.29, 0.717) is 6.54 Å². The summed E-state index contributed by atoms with van der Waals surface area (Å²) in [6, 6.07) is 6.07. The van der Waals surface area contributed by atoms with E-state index in [4.69, 9.17) is 0 Å². The summed E-state index contributed by atoms with van der Waals surface area (Å²) < 4.78 is 12.9. The number of hydrogen-bond acceptors (Lipinski definition) is 2. The Hall–Kier alpha value is -1.42. The summed E-state index contributed by atoms with van der Waals surface area (Å²) in [7, 11) is 3.42. The molecule has 0 saturated carbocycles. The monoisotopic (exact) mass is 224 g/mol. The molecule has 1 rings (SSSR count). The lowest BCUT2D eigenvalue weighted by Gasteiger charge is -2.18. The van der Waals surface area contributed by atoms with Crippen molar-refractivity contribution in [1.82, 2.24) is 10.2 Å². The second kappa shape index (κ2) is 5.61. The number of hydrogen-bond donors (Lipinski definition) is 1. The summed E-state index contributed by atoms with van der Waals surface area (Å²) >= 11 is 0. The summed E-state index contributed by atoms with van der Waals surface area (Å²) in [6.45, 7) is 2.28. The molecule has 3 nitrogen and oxygen atoms in total.